The summed E-state index contributed by atoms with van der Waals surface area (Å²) in [6.45, 7) is 1.23. The third-order valence-corrected chi connectivity index (χ3v) is 4.64. The minimum Gasteiger partial charge on any atom is -0.355 e. The summed E-state index contributed by atoms with van der Waals surface area (Å²) in [6, 6.07) is 12.0. The van der Waals surface area contributed by atoms with E-state index in [1.54, 1.807) is 0 Å². The van der Waals surface area contributed by atoms with Gasteiger partial charge in [0.1, 0.15) is 0 Å². The Hall–Kier alpha value is -2.14. The topological polar surface area (TPSA) is 72.9 Å². The van der Waals surface area contributed by atoms with Crippen molar-refractivity contribution >= 4 is 5.91 Å². The van der Waals surface area contributed by atoms with E-state index in [1.807, 2.05) is 47.3 Å². The van der Waals surface area contributed by atoms with Crippen LogP contribution in [0.1, 0.15) is 25.0 Å². The predicted octanol–water partition coefficient (Wildman–Crippen LogP) is 1.91. The molecule has 1 aromatic carbocycles. The standard InChI is InChI=1S/C18H24N4O/c19-13-14-5-4-8-17(14)18(23)20-11-9-15-10-12-22(21-15)16-6-2-1-3-7-16/h1-3,6-7,10,12,14,17H,4-5,8-9,11,13,19H2,(H,20,23)/t14-,17-/m1/s1. The summed E-state index contributed by atoms with van der Waals surface area (Å²) in [6.07, 6.45) is 5.85. The molecule has 1 aliphatic rings. The van der Waals surface area contributed by atoms with E-state index in [2.05, 4.69) is 10.4 Å². The molecule has 0 bridgehead atoms. The van der Waals surface area contributed by atoms with Crippen LogP contribution in [0.3, 0.4) is 0 Å². The van der Waals surface area contributed by atoms with E-state index in [9.17, 15) is 4.79 Å². The molecule has 0 radical (unpaired) electrons. The van der Waals surface area contributed by atoms with Crippen molar-refractivity contribution in [1.82, 2.24) is 15.1 Å². The fourth-order valence-corrected chi connectivity index (χ4v) is 3.33. The summed E-state index contributed by atoms with van der Waals surface area (Å²) in [5.74, 6) is 0.606. The molecule has 0 saturated heterocycles. The number of nitrogens with one attached hydrogen (secondary N) is 1. The van der Waals surface area contributed by atoms with E-state index in [0.29, 0.717) is 19.0 Å². The fourth-order valence-electron chi connectivity index (χ4n) is 3.33. The smallest absolute Gasteiger partial charge is 0.223 e. The lowest BCUT2D eigenvalue weighted by Crippen LogP contribution is -2.36. The molecule has 2 aromatic rings. The first-order chi connectivity index (χ1) is 11.3. The zero-order chi connectivity index (χ0) is 16.1. The predicted molar refractivity (Wildman–Crippen MR) is 90.2 cm³/mol. The van der Waals surface area contributed by atoms with Gasteiger partial charge in [-0.15, -0.1) is 0 Å². The number of rotatable bonds is 6. The minimum atomic E-state index is 0.0990. The summed E-state index contributed by atoms with van der Waals surface area (Å²) < 4.78 is 1.86. The lowest BCUT2D eigenvalue weighted by molar-refractivity contribution is -0.125. The number of hydrogen-bond acceptors (Lipinski definition) is 3. The highest BCUT2D eigenvalue weighted by molar-refractivity contribution is 5.79. The van der Waals surface area contributed by atoms with E-state index in [-0.39, 0.29) is 11.8 Å². The maximum absolute atomic E-state index is 12.2. The number of benzene rings is 1. The number of hydrogen-bond donors (Lipinski definition) is 2. The van der Waals surface area contributed by atoms with E-state index in [0.717, 1.165) is 37.1 Å². The molecule has 122 valence electrons. The normalized spacial score (nSPS) is 20.6. The van der Waals surface area contributed by atoms with Crippen molar-refractivity contribution in [2.45, 2.75) is 25.7 Å². The molecule has 1 aromatic heterocycles. The third-order valence-electron chi connectivity index (χ3n) is 4.64. The van der Waals surface area contributed by atoms with Crippen molar-refractivity contribution in [2.75, 3.05) is 13.1 Å². The Kier molecular flexibility index (Phi) is 5.08. The van der Waals surface area contributed by atoms with Crippen LogP contribution in [0.25, 0.3) is 5.69 Å². The molecule has 1 saturated carbocycles. The number of nitrogens with zero attached hydrogens (tertiary/aromatic N) is 2. The Labute approximate surface area is 136 Å². The lowest BCUT2D eigenvalue weighted by atomic mass is 9.95. The molecule has 0 aliphatic heterocycles. The molecular weight excluding hydrogens is 288 g/mol. The van der Waals surface area contributed by atoms with Gasteiger partial charge in [-0.1, -0.05) is 24.6 Å². The van der Waals surface area contributed by atoms with Crippen LogP contribution in [-0.4, -0.2) is 28.8 Å². The van der Waals surface area contributed by atoms with Crippen LogP contribution in [0.2, 0.25) is 0 Å². The van der Waals surface area contributed by atoms with Gasteiger partial charge in [0.2, 0.25) is 5.91 Å². The van der Waals surface area contributed by atoms with Gasteiger partial charge in [-0.2, -0.15) is 5.10 Å². The maximum atomic E-state index is 12.2. The zero-order valence-electron chi connectivity index (χ0n) is 13.3. The highest BCUT2D eigenvalue weighted by atomic mass is 16.1. The number of amides is 1. The molecule has 3 rings (SSSR count). The van der Waals surface area contributed by atoms with Crippen molar-refractivity contribution in [3.8, 4) is 5.69 Å². The van der Waals surface area contributed by atoms with Crippen molar-refractivity contribution in [2.24, 2.45) is 17.6 Å². The Bertz CT molecular complexity index is 637. The highest BCUT2D eigenvalue weighted by Crippen LogP contribution is 2.30. The molecule has 23 heavy (non-hydrogen) atoms. The summed E-state index contributed by atoms with van der Waals surface area (Å²) in [7, 11) is 0. The second kappa shape index (κ2) is 7.42. The van der Waals surface area contributed by atoms with Crippen LogP contribution in [0.4, 0.5) is 0 Å². The van der Waals surface area contributed by atoms with Crippen molar-refractivity contribution < 1.29 is 4.79 Å². The molecule has 0 spiro atoms. The SMILES string of the molecule is NC[C@H]1CCC[C@H]1C(=O)NCCc1ccn(-c2ccccc2)n1. The van der Waals surface area contributed by atoms with Crippen LogP contribution in [0.5, 0.6) is 0 Å². The molecular formula is C18H24N4O. The molecule has 1 fully saturated rings. The highest BCUT2D eigenvalue weighted by Gasteiger charge is 2.31. The largest absolute Gasteiger partial charge is 0.355 e. The van der Waals surface area contributed by atoms with Gasteiger partial charge in [-0.3, -0.25) is 4.79 Å². The Morgan fingerprint density at radius 2 is 2.09 bits per heavy atom. The van der Waals surface area contributed by atoms with Gasteiger partial charge in [0.05, 0.1) is 11.4 Å². The Morgan fingerprint density at radius 1 is 1.26 bits per heavy atom. The van der Waals surface area contributed by atoms with Crippen LogP contribution >= 0.6 is 0 Å². The van der Waals surface area contributed by atoms with Gasteiger partial charge in [0.25, 0.3) is 0 Å². The molecule has 2 atom stereocenters. The van der Waals surface area contributed by atoms with Crippen molar-refractivity contribution in [1.29, 1.82) is 0 Å². The summed E-state index contributed by atoms with van der Waals surface area (Å²) >= 11 is 0. The Morgan fingerprint density at radius 3 is 2.87 bits per heavy atom. The number of para-hydroxylation sites is 1. The number of nitrogens with two attached hydrogens (primary N) is 1. The van der Waals surface area contributed by atoms with E-state index in [4.69, 9.17) is 5.73 Å². The molecule has 0 unspecified atom stereocenters. The van der Waals surface area contributed by atoms with Crippen molar-refractivity contribution in [3.63, 3.8) is 0 Å². The van der Waals surface area contributed by atoms with Gasteiger partial charge in [0.15, 0.2) is 0 Å². The molecule has 1 amide bonds. The van der Waals surface area contributed by atoms with Crippen LogP contribution < -0.4 is 11.1 Å². The number of carbonyl (C=O) groups excluding carboxylic acids is 1. The van der Waals surface area contributed by atoms with Crippen LogP contribution in [0.15, 0.2) is 42.6 Å². The van der Waals surface area contributed by atoms with E-state index < -0.39 is 0 Å². The first-order valence-corrected chi connectivity index (χ1v) is 8.35. The molecule has 1 heterocycles. The van der Waals surface area contributed by atoms with E-state index >= 15 is 0 Å². The van der Waals surface area contributed by atoms with Crippen LogP contribution in [0, 0.1) is 11.8 Å². The van der Waals surface area contributed by atoms with Gasteiger partial charge in [-0.25, -0.2) is 4.68 Å². The van der Waals surface area contributed by atoms with Crippen molar-refractivity contribution in [3.05, 3.63) is 48.3 Å². The molecule has 3 N–H and O–H groups in total. The first kappa shape index (κ1) is 15.7. The summed E-state index contributed by atoms with van der Waals surface area (Å²) in [4.78, 5) is 12.2. The fraction of sp³-hybridized carbons (Fsp3) is 0.444. The summed E-state index contributed by atoms with van der Waals surface area (Å²) in [5, 5.41) is 7.59. The number of carbonyl (C=O) groups is 1. The first-order valence-electron chi connectivity index (χ1n) is 8.35. The van der Waals surface area contributed by atoms with Gasteiger partial charge in [0, 0.05) is 25.1 Å². The third kappa shape index (κ3) is 3.79. The van der Waals surface area contributed by atoms with Crippen LogP contribution in [-0.2, 0) is 11.2 Å². The summed E-state index contributed by atoms with van der Waals surface area (Å²) in [5.41, 5.74) is 7.77. The lowest BCUT2D eigenvalue weighted by Gasteiger charge is -2.17. The van der Waals surface area contributed by atoms with Gasteiger partial charge in [-0.05, 0) is 43.5 Å². The minimum absolute atomic E-state index is 0.0990. The quantitative estimate of drug-likeness (QED) is 0.856. The zero-order valence-corrected chi connectivity index (χ0v) is 13.3. The number of aromatic nitrogens is 2. The van der Waals surface area contributed by atoms with E-state index in [1.165, 1.54) is 0 Å². The maximum Gasteiger partial charge on any atom is 0.223 e. The second-order valence-corrected chi connectivity index (χ2v) is 6.16. The molecule has 5 nitrogen and oxygen atoms in total. The second-order valence-electron chi connectivity index (χ2n) is 6.16. The molecule has 5 heteroatoms. The Balaban J connectivity index is 1.49. The average Bonchev–Trinajstić information content (AvgIpc) is 3.24. The van der Waals surface area contributed by atoms with Gasteiger partial charge < -0.3 is 11.1 Å². The average molecular weight is 312 g/mol. The molecule has 1 aliphatic carbocycles. The van der Waals surface area contributed by atoms with Gasteiger partial charge >= 0.3 is 0 Å². The monoisotopic (exact) mass is 312 g/mol.